The zero-order chi connectivity index (χ0) is 21.8. The monoisotopic (exact) mass is 431 g/mol. The van der Waals surface area contributed by atoms with Gasteiger partial charge in [0.15, 0.2) is 0 Å². The van der Waals surface area contributed by atoms with Gasteiger partial charge in [0.05, 0.1) is 18.2 Å². The van der Waals surface area contributed by atoms with Crippen LogP contribution in [-0.2, 0) is 0 Å². The third-order valence-electron chi connectivity index (χ3n) is 4.27. The van der Waals surface area contributed by atoms with E-state index in [1.165, 1.54) is 12.5 Å². The Kier molecular flexibility index (Phi) is 5.47. The van der Waals surface area contributed by atoms with Gasteiger partial charge in [-0.05, 0) is 36.4 Å². The van der Waals surface area contributed by atoms with E-state index in [0.29, 0.717) is 27.7 Å². The fourth-order valence-electron chi connectivity index (χ4n) is 2.84. The Morgan fingerprint density at radius 2 is 1.94 bits per heavy atom. The van der Waals surface area contributed by atoms with E-state index >= 15 is 0 Å². The summed E-state index contributed by atoms with van der Waals surface area (Å²) in [4.78, 5) is 38.2. The molecule has 10 heteroatoms. The molecular weight excluding hydrogens is 418 g/mol. The quantitative estimate of drug-likeness (QED) is 0.380. The summed E-state index contributed by atoms with van der Waals surface area (Å²) < 4.78 is 0. The number of nitrogens with one attached hydrogen (secondary N) is 4. The van der Waals surface area contributed by atoms with Crippen LogP contribution in [0.5, 0.6) is 0 Å². The predicted molar refractivity (Wildman–Crippen MR) is 116 cm³/mol. The molecule has 9 nitrogen and oxygen atoms in total. The maximum Gasteiger partial charge on any atom is 0.273 e. The number of amides is 1. The maximum atomic E-state index is 12.5. The topological polar surface area (TPSA) is 139 Å². The second kappa shape index (κ2) is 8.52. The Morgan fingerprint density at radius 1 is 1.13 bits per heavy atom. The van der Waals surface area contributed by atoms with Crippen molar-refractivity contribution in [3.63, 3.8) is 0 Å². The van der Waals surface area contributed by atoms with E-state index in [1.54, 1.807) is 48.5 Å². The fraction of sp³-hybridized carbons (Fsp3) is 0. The molecule has 152 valence electrons. The van der Waals surface area contributed by atoms with Gasteiger partial charge in [0.2, 0.25) is 5.95 Å². The molecule has 0 saturated heterocycles. The van der Waals surface area contributed by atoms with Crippen LogP contribution in [0.15, 0.2) is 65.8 Å². The first-order valence-corrected chi connectivity index (χ1v) is 9.38. The molecule has 0 bridgehead atoms. The minimum Gasteiger partial charge on any atom is -0.341 e. The number of aromatic nitrogens is 4. The average molecular weight is 432 g/mol. The van der Waals surface area contributed by atoms with E-state index in [2.05, 4.69) is 30.6 Å². The Morgan fingerprint density at radius 3 is 2.65 bits per heavy atom. The summed E-state index contributed by atoms with van der Waals surface area (Å²) in [5, 5.41) is 15.8. The van der Waals surface area contributed by atoms with Crippen molar-refractivity contribution in [1.82, 2.24) is 19.9 Å². The second-order valence-corrected chi connectivity index (χ2v) is 6.82. The van der Waals surface area contributed by atoms with E-state index in [-0.39, 0.29) is 23.1 Å². The molecule has 0 aliphatic rings. The molecule has 2 aromatic heterocycles. The summed E-state index contributed by atoms with van der Waals surface area (Å²) >= 11 is 5.90. The Hall–Kier alpha value is -4.42. The van der Waals surface area contributed by atoms with Crippen molar-refractivity contribution in [2.45, 2.75) is 0 Å². The fourth-order valence-corrected chi connectivity index (χ4v) is 2.96. The van der Waals surface area contributed by atoms with E-state index < -0.39 is 5.56 Å². The normalized spacial score (nSPS) is 10.3. The molecule has 0 unspecified atom stereocenters. The number of carbonyl (C=O) groups excluding carboxylic acids is 1. The number of hydrogen-bond donors (Lipinski definition) is 4. The summed E-state index contributed by atoms with van der Waals surface area (Å²) in [6.45, 7) is 0. The number of imidazole rings is 1. The van der Waals surface area contributed by atoms with Crippen LogP contribution < -0.4 is 16.2 Å². The van der Waals surface area contributed by atoms with Crippen molar-refractivity contribution in [3.8, 4) is 17.3 Å². The molecule has 0 aliphatic heterocycles. The van der Waals surface area contributed by atoms with E-state index in [1.807, 2.05) is 6.07 Å². The number of nitrogens with zero attached hydrogens (tertiary/aromatic N) is 3. The van der Waals surface area contributed by atoms with Crippen molar-refractivity contribution in [3.05, 3.63) is 87.7 Å². The lowest BCUT2D eigenvalue weighted by molar-refractivity contribution is 0.102. The van der Waals surface area contributed by atoms with Crippen LogP contribution in [-0.4, -0.2) is 25.8 Å². The van der Waals surface area contributed by atoms with E-state index in [0.717, 1.165) is 0 Å². The van der Waals surface area contributed by atoms with Crippen LogP contribution in [0.2, 0.25) is 5.02 Å². The number of benzene rings is 2. The van der Waals surface area contributed by atoms with Crippen LogP contribution in [0.25, 0.3) is 11.3 Å². The molecule has 0 saturated carbocycles. The van der Waals surface area contributed by atoms with Crippen LogP contribution >= 0.6 is 11.6 Å². The molecule has 31 heavy (non-hydrogen) atoms. The van der Waals surface area contributed by atoms with Gasteiger partial charge in [0.25, 0.3) is 11.5 Å². The van der Waals surface area contributed by atoms with E-state index in [9.17, 15) is 14.9 Å². The summed E-state index contributed by atoms with van der Waals surface area (Å²) in [7, 11) is 0. The van der Waals surface area contributed by atoms with Crippen LogP contribution in [0.4, 0.5) is 17.3 Å². The van der Waals surface area contributed by atoms with Crippen LogP contribution in [0.3, 0.4) is 0 Å². The van der Waals surface area contributed by atoms with Crippen molar-refractivity contribution in [2.24, 2.45) is 0 Å². The van der Waals surface area contributed by atoms with Gasteiger partial charge in [-0.25, -0.2) is 9.97 Å². The van der Waals surface area contributed by atoms with Gasteiger partial charge in [-0.1, -0.05) is 23.7 Å². The Labute approximate surface area is 180 Å². The molecule has 4 N–H and O–H groups in total. The number of halogens is 1. The summed E-state index contributed by atoms with van der Waals surface area (Å²) in [6.07, 6.45) is 2.81. The molecule has 0 fully saturated rings. The van der Waals surface area contributed by atoms with Crippen LogP contribution in [0.1, 0.15) is 16.1 Å². The van der Waals surface area contributed by atoms with Gasteiger partial charge in [-0.15, -0.1) is 0 Å². The van der Waals surface area contributed by atoms with Gasteiger partial charge in [0.1, 0.15) is 17.3 Å². The Bertz CT molecular complexity index is 1340. The summed E-state index contributed by atoms with van der Waals surface area (Å²) in [6, 6.07) is 15.4. The molecule has 1 amide bonds. The molecule has 4 rings (SSSR count). The first kappa shape index (κ1) is 19.9. The third kappa shape index (κ3) is 4.44. The van der Waals surface area contributed by atoms with Crippen molar-refractivity contribution in [2.75, 3.05) is 10.6 Å². The van der Waals surface area contributed by atoms with Gasteiger partial charge in [-0.3, -0.25) is 14.6 Å². The van der Waals surface area contributed by atoms with Gasteiger partial charge in [0, 0.05) is 22.0 Å². The number of rotatable bonds is 5. The molecule has 2 aromatic carbocycles. The number of H-pyrrole nitrogens is 2. The van der Waals surface area contributed by atoms with Crippen LogP contribution in [0, 0.1) is 11.3 Å². The van der Waals surface area contributed by atoms with Crippen molar-refractivity contribution >= 4 is 34.8 Å². The zero-order valence-corrected chi connectivity index (χ0v) is 16.6. The molecular formula is C21H14ClN7O2. The predicted octanol–water partition coefficient (Wildman–Crippen LogP) is 3.68. The molecule has 0 atom stereocenters. The highest BCUT2D eigenvalue weighted by Gasteiger charge is 2.15. The average Bonchev–Trinajstić information content (AvgIpc) is 3.30. The molecule has 0 radical (unpaired) electrons. The second-order valence-electron chi connectivity index (χ2n) is 6.38. The largest absolute Gasteiger partial charge is 0.341 e. The standard InChI is InChI=1S/C21H14ClN7O2/c22-13-4-6-14(7-5-13)27-21-28-18(16(9-23)19(30)29-21)12-2-1-3-15(8-12)26-20(31)17-10-24-11-25-17/h1-8,10-11H,(H,24,25)(H,26,31)(H2,27,28,29,30). The lowest BCUT2D eigenvalue weighted by atomic mass is 10.1. The number of hydrogen-bond acceptors (Lipinski definition) is 6. The number of carbonyl (C=O) groups is 1. The molecule has 4 aromatic rings. The van der Waals surface area contributed by atoms with Crippen molar-refractivity contribution in [1.29, 1.82) is 5.26 Å². The third-order valence-corrected chi connectivity index (χ3v) is 4.53. The lowest BCUT2D eigenvalue weighted by Crippen LogP contribution is -2.16. The number of nitriles is 1. The van der Waals surface area contributed by atoms with Gasteiger partial charge >= 0.3 is 0 Å². The first-order chi connectivity index (χ1) is 15.0. The smallest absolute Gasteiger partial charge is 0.273 e. The minimum atomic E-state index is -0.587. The minimum absolute atomic E-state index is 0.140. The highest BCUT2D eigenvalue weighted by Crippen LogP contribution is 2.25. The molecule has 2 heterocycles. The molecule has 0 spiro atoms. The Balaban J connectivity index is 1.69. The first-order valence-electron chi connectivity index (χ1n) is 9.00. The zero-order valence-electron chi connectivity index (χ0n) is 15.8. The van der Waals surface area contributed by atoms with Crippen molar-refractivity contribution < 1.29 is 4.79 Å². The number of anilines is 3. The van der Waals surface area contributed by atoms with E-state index in [4.69, 9.17) is 11.6 Å². The maximum absolute atomic E-state index is 12.5. The summed E-state index contributed by atoms with van der Waals surface area (Å²) in [5.74, 6) is -0.215. The summed E-state index contributed by atoms with van der Waals surface area (Å²) in [5.41, 5.74) is 1.37. The van der Waals surface area contributed by atoms with Gasteiger partial charge < -0.3 is 15.6 Å². The highest BCUT2D eigenvalue weighted by molar-refractivity contribution is 6.30. The van der Waals surface area contributed by atoms with Gasteiger partial charge in [-0.2, -0.15) is 5.26 Å². The number of aromatic amines is 2. The SMILES string of the molecule is N#Cc1c(-c2cccc(NC(=O)c3cnc[nH]3)c2)nc(Nc2ccc(Cl)cc2)[nH]c1=O. The highest BCUT2D eigenvalue weighted by atomic mass is 35.5. The molecule has 0 aliphatic carbocycles. The lowest BCUT2D eigenvalue weighted by Gasteiger charge is -2.10.